The minimum absolute atomic E-state index is 0.0205. The molecule has 0 aromatic heterocycles. The molecular weight excluding hydrogens is 212 g/mol. The third-order valence-corrected chi connectivity index (χ3v) is 2.40. The number of hydrogen-bond acceptors (Lipinski definition) is 2. The fourth-order valence-electron chi connectivity index (χ4n) is 1.58. The zero-order chi connectivity index (χ0) is 12.7. The van der Waals surface area contributed by atoms with Crippen molar-refractivity contribution < 1.29 is 4.79 Å². The van der Waals surface area contributed by atoms with E-state index in [1.807, 2.05) is 26.2 Å². The van der Waals surface area contributed by atoms with E-state index in [1.54, 1.807) is 0 Å². The molecule has 3 heteroatoms. The van der Waals surface area contributed by atoms with Gasteiger partial charge in [-0.2, -0.15) is 0 Å². The van der Waals surface area contributed by atoms with Gasteiger partial charge in [-0.15, -0.1) is 0 Å². The third kappa shape index (κ3) is 4.72. The molecule has 0 aliphatic carbocycles. The van der Waals surface area contributed by atoms with Gasteiger partial charge in [0.1, 0.15) is 0 Å². The fourth-order valence-corrected chi connectivity index (χ4v) is 1.58. The van der Waals surface area contributed by atoms with Crippen molar-refractivity contribution in [2.75, 3.05) is 25.5 Å². The molecule has 1 aromatic carbocycles. The lowest BCUT2D eigenvalue weighted by atomic mass is 10.1. The van der Waals surface area contributed by atoms with Crippen LogP contribution in [-0.4, -0.2) is 26.5 Å². The standard InChI is InChI=1S/C14H20N2O/c1-12(17)15-11-7-6-9-13-8-4-5-10-14(13)16(2)3/h4-6,8-10H,7,11H2,1-3H3,(H,15,17). The van der Waals surface area contributed by atoms with Gasteiger partial charge < -0.3 is 10.2 Å². The van der Waals surface area contributed by atoms with E-state index in [9.17, 15) is 4.79 Å². The molecule has 0 bridgehead atoms. The highest BCUT2D eigenvalue weighted by molar-refractivity contribution is 5.72. The van der Waals surface area contributed by atoms with Gasteiger partial charge in [0, 0.05) is 33.3 Å². The average Bonchev–Trinajstić information content (AvgIpc) is 2.28. The summed E-state index contributed by atoms with van der Waals surface area (Å²) in [5.74, 6) is 0.0205. The van der Waals surface area contributed by atoms with E-state index in [2.05, 4.69) is 34.5 Å². The number of hydrogen-bond donors (Lipinski definition) is 1. The van der Waals surface area contributed by atoms with Crippen molar-refractivity contribution in [3.8, 4) is 0 Å². The molecule has 0 spiro atoms. The zero-order valence-electron chi connectivity index (χ0n) is 10.7. The van der Waals surface area contributed by atoms with Crippen LogP contribution in [0.2, 0.25) is 0 Å². The molecule has 92 valence electrons. The average molecular weight is 232 g/mol. The Balaban J connectivity index is 2.56. The van der Waals surface area contributed by atoms with Crippen LogP contribution in [0.4, 0.5) is 5.69 Å². The van der Waals surface area contributed by atoms with Gasteiger partial charge >= 0.3 is 0 Å². The van der Waals surface area contributed by atoms with Gasteiger partial charge in [0.25, 0.3) is 0 Å². The van der Waals surface area contributed by atoms with Gasteiger partial charge in [-0.3, -0.25) is 4.79 Å². The summed E-state index contributed by atoms with van der Waals surface area (Å²) in [7, 11) is 4.06. The molecule has 0 atom stereocenters. The number of nitrogens with one attached hydrogen (secondary N) is 1. The number of rotatable bonds is 5. The summed E-state index contributed by atoms with van der Waals surface area (Å²) < 4.78 is 0. The predicted molar refractivity (Wildman–Crippen MR) is 73.1 cm³/mol. The lowest BCUT2D eigenvalue weighted by molar-refractivity contribution is -0.118. The lowest BCUT2D eigenvalue weighted by Crippen LogP contribution is -2.20. The Labute approximate surface area is 103 Å². The summed E-state index contributed by atoms with van der Waals surface area (Å²) >= 11 is 0. The van der Waals surface area contributed by atoms with Gasteiger partial charge in [-0.25, -0.2) is 0 Å². The van der Waals surface area contributed by atoms with Crippen molar-refractivity contribution in [2.24, 2.45) is 0 Å². The van der Waals surface area contributed by atoms with Crippen molar-refractivity contribution in [3.63, 3.8) is 0 Å². The Morgan fingerprint density at radius 2 is 2.06 bits per heavy atom. The van der Waals surface area contributed by atoms with Gasteiger partial charge in [0.2, 0.25) is 5.91 Å². The second-order valence-electron chi connectivity index (χ2n) is 4.13. The van der Waals surface area contributed by atoms with Crippen molar-refractivity contribution in [1.82, 2.24) is 5.32 Å². The van der Waals surface area contributed by atoms with Crippen molar-refractivity contribution in [2.45, 2.75) is 13.3 Å². The SMILES string of the molecule is CC(=O)NCCC=Cc1ccccc1N(C)C. The van der Waals surface area contributed by atoms with E-state index in [4.69, 9.17) is 0 Å². The molecule has 0 unspecified atom stereocenters. The lowest BCUT2D eigenvalue weighted by Gasteiger charge is -2.15. The summed E-state index contributed by atoms with van der Waals surface area (Å²) in [6.07, 6.45) is 5.02. The zero-order valence-corrected chi connectivity index (χ0v) is 10.7. The minimum atomic E-state index is 0.0205. The van der Waals surface area contributed by atoms with Gasteiger partial charge in [-0.05, 0) is 18.1 Å². The van der Waals surface area contributed by atoms with Crippen LogP contribution in [0.1, 0.15) is 18.9 Å². The number of carbonyl (C=O) groups excluding carboxylic acids is 1. The molecule has 0 fully saturated rings. The molecule has 1 aromatic rings. The normalized spacial score (nSPS) is 10.5. The maximum atomic E-state index is 10.7. The number of para-hydroxylation sites is 1. The molecule has 0 radical (unpaired) electrons. The molecule has 0 saturated heterocycles. The number of benzene rings is 1. The van der Waals surface area contributed by atoms with Crippen molar-refractivity contribution >= 4 is 17.7 Å². The van der Waals surface area contributed by atoms with E-state index in [0.29, 0.717) is 6.54 Å². The quantitative estimate of drug-likeness (QED) is 0.790. The fraction of sp³-hybridized carbons (Fsp3) is 0.357. The molecule has 3 nitrogen and oxygen atoms in total. The summed E-state index contributed by atoms with van der Waals surface area (Å²) in [5.41, 5.74) is 2.39. The minimum Gasteiger partial charge on any atom is -0.377 e. The second kappa shape index (κ2) is 6.74. The van der Waals surface area contributed by atoms with E-state index in [1.165, 1.54) is 18.2 Å². The largest absolute Gasteiger partial charge is 0.377 e. The van der Waals surface area contributed by atoms with Gasteiger partial charge in [-0.1, -0.05) is 30.4 Å². The van der Waals surface area contributed by atoms with Crippen LogP contribution in [0.15, 0.2) is 30.3 Å². The van der Waals surface area contributed by atoms with Crippen molar-refractivity contribution in [1.29, 1.82) is 0 Å². The van der Waals surface area contributed by atoms with Crippen LogP contribution < -0.4 is 10.2 Å². The number of amides is 1. The molecule has 0 saturated carbocycles. The van der Waals surface area contributed by atoms with Crippen LogP contribution in [-0.2, 0) is 4.79 Å². The highest BCUT2D eigenvalue weighted by Gasteiger charge is 1.99. The van der Waals surface area contributed by atoms with E-state index < -0.39 is 0 Å². The Bertz CT molecular complexity index is 397. The molecule has 1 amide bonds. The first-order valence-corrected chi connectivity index (χ1v) is 5.78. The summed E-state index contributed by atoms with van der Waals surface area (Å²) in [6.45, 7) is 2.22. The smallest absolute Gasteiger partial charge is 0.216 e. The molecule has 1 rings (SSSR count). The molecule has 0 heterocycles. The first kappa shape index (κ1) is 13.3. The van der Waals surface area contributed by atoms with Crippen LogP contribution in [0, 0.1) is 0 Å². The molecular formula is C14H20N2O. The van der Waals surface area contributed by atoms with Crippen LogP contribution in [0.25, 0.3) is 6.08 Å². The maximum Gasteiger partial charge on any atom is 0.216 e. The second-order valence-corrected chi connectivity index (χ2v) is 4.13. The van der Waals surface area contributed by atoms with Crippen LogP contribution >= 0.6 is 0 Å². The Hall–Kier alpha value is -1.77. The first-order valence-electron chi connectivity index (χ1n) is 5.78. The molecule has 1 N–H and O–H groups in total. The van der Waals surface area contributed by atoms with Gasteiger partial charge in [0.05, 0.1) is 0 Å². The number of anilines is 1. The molecule has 0 aliphatic rings. The maximum absolute atomic E-state index is 10.7. The monoisotopic (exact) mass is 232 g/mol. The van der Waals surface area contributed by atoms with E-state index in [0.717, 1.165) is 6.42 Å². The highest BCUT2D eigenvalue weighted by atomic mass is 16.1. The van der Waals surface area contributed by atoms with E-state index in [-0.39, 0.29) is 5.91 Å². The number of carbonyl (C=O) groups is 1. The van der Waals surface area contributed by atoms with Crippen LogP contribution in [0.3, 0.4) is 0 Å². The molecule has 17 heavy (non-hydrogen) atoms. The van der Waals surface area contributed by atoms with Crippen LogP contribution in [0.5, 0.6) is 0 Å². The topological polar surface area (TPSA) is 32.3 Å². The Morgan fingerprint density at radius 3 is 2.71 bits per heavy atom. The van der Waals surface area contributed by atoms with Crippen molar-refractivity contribution in [3.05, 3.63) is 35.9 Å². The van der Waals surface area contributed by atoms with Gasteiger partial charge in [0.15, 0.2) is 0 Å². The summed E-state index contributed by atoms with van der Waals surface area (Å²) in [4.78, 5) is 12.8. The summed E-state index contributed by atoms with van der Waals surface area (Å²) in [5, 5.41) is 2.77. The Morgan fingerprint density at radius 1 is 1.35 bits per heavy atom. The third-order valence-electron chi connectivity index (χ3n) is 2.40. The van der Waals surface area contributed by atoms with E-state index >= 15 is 0 Å². The Kier molecular flexibility index (Phi) is 5.27. The number of nitrogens with zero attached hydrogens (tertiary/aromatic N) is 1. The summed E-state index contributed by atoms with van der Waals surface area (Å²) in [6, 6.07) is 8.24. The highest BCUT2D eigenvalue weighted by Crippen LogP contribution is 2.19. The first-order chi connectivity index (χ1) is 8.11. The molecule has 0 aliphatic heterocycles. The predicted octanol–water partition coefficient (Wildman–Crippen LogP) is 2.29.